The van der Waals surface area contributed by atoms with E-state index in [2.05, 4.69) is 26.2 Å². The van der Waals surface area contributed by atoms with Crippen molar-refractivity contribution in [1.29, 1.82) is 0 Å². The highest BCUT2D eigenvalue weighted by Crippen LogP contribution is 2.20. The molecule has 1 aromatic heterocycles. The van der Waals surface area contributed by atoms with Gasteiger partial charge in [-0.2, -0.15) is 0 Å². The van der Waals surface area contributed by atoms with Gasteiger partial charge in [-0.3, -0.25) is 4.79 Å². The molecule has 0 atom stereocenters. The second kappa shape index (κ2) is 5.79. The molecule has 0 unspecified atom stereocenters. The van der Waals surface area contributed by atoms with Crippen LogP contribution in [0.5, 0.6) is 0 Å². The fourth-order valence-electron chi connectivity index (χ4n) is 1.52. The summed E-state index contributed by atoms with van der Waals surface area (Å²) in [6.07, 6.45) is 1.35. The first kappa shape index (κ1) is 14.1. The smallest absolute Gasteiger partial charge is 0.339 e. The maximum absolute atomic E-state index is 13.1. The standard InChI is InChI=1S/C13H8BrFN2O3/c14-10-4-3-7(15)6-9(10)12(18)17-11-8(13(19)20)2-1-5-16-11/h1-6H,(H,19,20)(H,16,17,18). The zero-order valence-corrected chi connectivity index (χ0v) is 11.5. The number of carboxylic acids is 1. The van der Waals surface area contributed by atoms with E-state index in [1.165, 1.54) is 30.5 Å². The van der Waals surface area contributed by atoms with Crippen molar-refractivity contribution in [2.45, 2.75) is 0 Å². The van der Waals surface area contributed by atoms with Gasteiger partial charge in [-0.15, -0.1) is 0 Å². The lowest BCUT2D eigenvalue weighted by Gasteiger charge is -2.08. The number of nitrogens with zero attached hydrogens (tertiary/aromatic N) is 1. The summed E-state index contributed by atoms with van der Waals surface area (Å²) in [5, 5.41) is 11.3. The molecule has 0 saturated carbocycles. The number of pyridine rings is 1. The quantitative estimate of drug-likeness (QED) is 0.901. The molecule has 2 aromatic rings. The topological polar surface area (TPSA) is 79.3 Å². The van der Waals surface area contributed by atoms with Crippen molar-refractivity contribution in [3.63, 3.8) is 0 Å². The molecule has 0 aliphatic heterocycles. The SMILES string of the molecule is O=C(Nc1ncccc1C(=O)O)c1cc(F)ccc1Br. The third kappa shape index (κ3) is 3.00. The predicted molar refractivity (Wildman–Crippen MR) is 73.2 cm³/mol. The Bertz CT molecular complexity index is 691. The van der Waals surface area contributed by atoms with Crippen molar-refractivity contribution in [2.75, 3.05) is 5.32 Å². The van der Waals surface area contributed by atoms with Crippen LogP contribution in [-0.2, 0) is 0 Å². The second-order valence-corrected chi connectivity index (χ2v) is 4.64. The molecule has 0 spiro atoms. The maximum atomic E-state index is 13.1. The van der Waals surface area contributed by atoms with Crippen LogP contribution >= 0.6 is 15.9 Å². The highest BCUT2D eigenvalue weighted by molar-refractivity contribution is 9.10. The molecule has 2 rings (SSSR count). The van der Waals surface area contributed by atoms with Crippen molar-refractivity contribution in [2.24, 2.45) is 0 Å². The minimum Gasteiger partial charge on any atom is -0.478 e. The van der Waals surface area contributed by atoms with Gasteiger partial charge >= 0.3 is 5.97 Å². The predicted octanol–water partition coefficient (Wildman–Crippen LogP) is 2.93. The molecular formula is C13H8BrFN2O3. The van der Waals surface area contributed by atoms with E-state index in [9.17, 15) is 14.0 Å². The summed E-state index contributed by atoms with van der Waals surface area (Å²) in [6, 6.07) is 6.39. The van der Waals surface area contributed by atoms with E-state index in [1.54, 1.807) is 0 Å². The van der Waals surface area contributed by atoms with Gasteiger partial charge in [0.1, 0.15) is 17.2 Å². The van der Waals surface area contributed by atoms with Crippen molar-refractivity contribution in [1.82, 2.24) is 4.98 Å². The minimum absolute atomic E-state index is 0.0481. The van der Waals surface area contributed by atoms with Gasteiger partial charge in [-0.05, 0) is 46.3 Å². The Morgan fingerprint density at radius 1 is 1.25 bits per heavy atom. The summed E-state index contributed by atoms with van der Waals surface area (Å²) >= 11 is 3.13. The molecule has 1 heterocycles. The van der Waals surface area contributed by atoms with E-state index in [0.29, 0.717) is 4.47 Å². The number of anilines is 1. The van der Waals surface area contributed by atoms with Gasteiger partial charge in [0.05, 0.1) is 5.56 Å². The van der Waals surface area contributed by atoms with E-state index >= 15 is 0 Å². The highest BCUT2D eigenvalue weighted by atomic mass is 79.9. The maximum Gasteiger partial charge on any atom is 0.339 e. The van der Waals surface area contributed by atoms with Crippen LogP contribution in [0.3, 0.4) is 0 Å². The van der Waals surface area contributed by atoms with E-state index in [4.69, 9.17) is 5.11 Å². The number of carbonyl (C=O) groups excluding carboxylic acids is 1. The van der Waals surface area contributed by atoms with Gasteiger partial charge in [0.15, 0.2) is 0 Å². The fourth-order valence-corrected chi connectivity index (χ4v) is 1.95. The van der Waals surface area contributed by atoms with Crippen LogP contribution in [0.2, 0.25) is 0 Å². The molecule has 0 radical (unpaired) electrons. The number of carbonyl (C=O) groups is 2. The summed E-state index contributed by atoms with van der Waals surface area (Å²) in [5.74, 6) is -2.54. The number of amides is 1. The fraction of sp³-hybridized carbons (Fsp3) is 0. The summed E-state index contributed by atoms with van der Waals surface area (Å²) < 4.78 is 13.5. The number of rotatable bonds is 3. The lowest BCUT2D eigenvalue weighted by Crippen LogP contribution is -2.16. The summed E-state index contributed by atoms with van der Waals surface area (Å²) in [7, 11) is 0. The Balaban J connectivity index is 2.33. The first-order valence-corrected chi connectivity index (χ1v) is 6.23. The zero-order chi connectivity index (χ0) is 14.7. The van der Waals surface area contributed by atoms with Crippen LogP contribution in [0.4, 0.5) is 10.2 Å². The van der Waals surface area contributed by atoms with Gasteiger partial charge in [-0.25, -0.2) is 14.2 Å². The molecule has 102 valence electrons. The van der Waals surface area contributed by atoms with Crippen LogP contribution in [-0.4, -0.2) is 22.0 Å². The number of hydrogen-bond donors (Lipinski definition) is 2. The molecule has 7 heteroatoms. The van der Waals surface area contributed by atoms with Gasteiger partial charge in [0.2, 0.25) is 0 Å². The average molecular weight is 339 g/mol. The molecule has 0 aliphatic rings. The first-order valence-electron chi connectivity index (χ1n) is 5.44. The molecule has 0 bridgehead atoms. The third-order valence-corrected chi connectivity index (χ3v) is 3.13. The van der Waals surface area contributed by atoms with Gasteiger partial charge in [0.25, 0.3) is 5.91 Å². The van der Waals surface area contributed by atoms with E-state index < -0.39 is 17.7 Å². The first-order chi connectivity index (χ1) is 9.49. The zero-order valence-electron chi connectivity index (χ0n) is 9.93. The molecule has 0 aliphatic carbocycles. The van der Waals surface area contributed by atoms with E-state index in [0.717, 1.165) is 6.07 Å². The van der Waals surface area contributed by atoms with Crippen molar-refractivity contribution in [3.8, 4) is 0 Å². The number of nitrogens with one attached hydrogen (secondary N) is 1. The number of aromatic nitrogens is 1. The van der Waals surface area contributed by atoms with Crippen molar-refractivity contribution in [3.05, 3.63) is 57.9 Å². The Morgan fingerprint density at radius 2 is 2.00 bits per heavy atom. The highest BCUT2D eigenvalue weighted by Gasteiger charge is 2.16. The van der Waals surface area contributed by atoms with Crippen LogP contribution in [0.1, 0.15) is 20.7 Å². The van der Waals surface area contributed by atoms with Crippen LogP contribution < -0.4 is 5.32 Å². The molecule has 2 N–H and O–H groups in total. The molecule has 1 aromatic carbocycles. The Kier molecular flexibility index (Phi) is 4.09. The normalized spacial score (nSPS) is 10.1. The third-order valence-electron chi connectivity index (χ3n) is 2.44. The molecule has 0 saturated heterocycles. The minimum atomic E-state index is -1.22. The Labute approximate surface area is 121 Å². The lowest BCUT2D eigenvalue weighted by molar-refractivity contribution is 0.0697. The number of benzene rings is 1. The number of halogens is 2. The number of carboxylic acid groups (broad SMARTS) is 1. The van der Waals surface area contributed by atoms with Crippen molar-refractivity contribution >= 4 is 33.6 Å². The second-order valence-electron chi connectivity index (χ2n) is 3.78. The van der Waals surface area contributed by atoms with Gasteiger partial charge in [0, 0.05) is 10.7 Å². The van der Waals surface area contributed by atoms with Gasteiger partial charge < -0.3 is 10.4 Å². The Morgan fingerprint density at radius 3 is 2.70 bits per heavy atom. The molecule has 5 nitrogen and oxygen atoms in total. The summed E-state index contributed by atoms with van der Waals surface area (Å²) in [6.45, 7) is 0. The lowest BCUT2D eigenvalue weighted by atomic mass is 10.2. The summed E-state index contributed by atoms with van der Waals surface area (Å²) in [4.78, 5) is 26.8. The Hall–Kier alpha value is -2.28. The van der Waals surface area contributed by atoms with Crippen LogP contribution in [0.15, 0.2) is 41.0 Å². The molecular weight excluding hydrogens is 331 g/mol. The number of aromatic carboxylic acids is 1. The molecule has 20 heavy (non-hydrogen) atoms. The summed E-state index contributed by atoms with van der Waals surface area (Å²) in [5.41, 5.74) is -0.0969. The van der Waals surface area contributed by atoms with Crippen LogP contribution in [0.25, 0.3) is 0 Å². The number of hydrogen-bond acceptors (Lipinski definition) is 3. The monoisotopic (exact) mass is 338 g/mol. The van der Waals surface area contributed by atoms with Crippen molar-refractivity contribution < 1.29 is 19.1 Å². The molecule has 1 amide bonds. The van der Waals surface area contributed by atoms with E-state index in [1.807, 2.05) is 0 Å². The largest absolute Gasteiger partial charge is 0.478 e. The average Bonchev–Trinajstić information content (AvgIpc) is 2.41. The van der Waals surface area contributed by atoms with Crippen LogP contribution in [0, 0.1) is 5.82 Å². The molecule has 0 fully saturated rings. The van der Waals surface area contributed by atoms with Gasteiger partial charge in [-0.1, -0.05) is 0 Å². The van der Waals surface area contributed by atoms with E-state index in [-0.39, 0.29) is 16.9 Å².